The lowest BCUT2D eigenvalue weighted by molar-refractivity contribution is -0.137. The van der Waals surface area contributed by atoms with Crippen molar-refractivity contribution in [2.45, 2.75) is 20.3 Å². The van der Waals surface area contributed by atoms with Crippen molar-refractivity contribution in [1.82, 2.24) is 0 Å². The molecule has 0 aliphatic heterocycles. The first-order valence-electron chi connectivity index (χ1n) is 4.22. The number of ketones is 1. The molecule has 0 saturated heterocycles. The average molecular weight is 180 g/mol. The summed E-state index contributed by atoms with van der Waals surface area (Å²) in [5, 5.41) is 0. The molecule has 0 aromatic rings. The second-order valence-corrected chi connectivity index (χ2v) is 3.52. The molecule has 0 N–H and O–H groups in total. The van der Waals surface area contributed by atoms with Crippen LogP contribution in [0, 0.1) is 11.8 Å². The van der Waals surface area contributed by atoms with Gasteiger partial charge in [0.1, 0.15) is 18.4 Å². The molecule has 0 aromatic carbocycles. The molecule has 1 fully saturated rings. The van der Waals surface area contributed by atoms with Crippen molar-refractivity contribution in [1.29, 1.82) is 0 Å². The van der Waals surface area contributed by atoms with Crippen LogP contribution in [0.2, 0.25) is 0 Å². The van der Waals surface area contributed by atoms with E-state index in [1.165, 1.54) is 0 Å². The van der Waals surface area contributed by atoms with Gasteiger partial charge in [0, 0.05) is 17.9 Å². The van der Waals surface area contributed by atoms with E-state index in [1.54, 1.807) is 13.8 Å². The van der Waals surface area contributed by atoms with E-state index in [0.717, 1.165) is 11.9 Å². The number of carbonyl (C=O) groups is 3. The first kappa shape index (κ1) is 9.84. The van der Waals surface area contributed by atoms with Gasteiger partial charge in [-0.25, -0.2) is 0 Å². The molecule has 2 atom stereocenters. The molecule has 1 aliphatic carbocycles. The number of hydrogen-bond acceptors (Lipinski definition) is 3. The molecule has 0 radical (unpaired) electrons. The van der Waals surface area contributed by atoms with Gasteiger partial charge in [-0.05, 0) is 13.8 Å². The SMILES string of the molecule is CC(C)=C(C=O)C1C(=O)CC1C=O. The van der Waals surface area contributed by atoms with Crippen molar-refractivity contribution in [3.63, 3.8) is 0 Å². The van der Waals surface area contributed by atoms with Gasteiger partial charge in [-0.2, -0.15) is 0 Å². The predicted octanol–water partition coefficient (Wildman–Crippen LogP) is 0.926. The number of Topliss-reactive ketones (excluding diaryl/α,β-unsaturated/α-hetero) is 1. The zero-order valence-electron chi connectivity index (χ0n) is 7.74. The number of aldehydes is 2. The van der Waals surface area contributed by atoms with E-state index < -0.39 is 5.92 Å². The lowest BCUT2D eigenvalue weighted by Gasteiger charge is -2.31. The third-order valence-electron chi connectivity index (χ3n) is 2.43. The quantitative estimate of drug-likeness (QED) is 0.479. The molecule has 2 unspecified atom stereocenters. The van der Waals surface area contributed by atoms with Crippen LogP contribution in [0.5, 0.6) is 0 Å². The smallest absolute Gasteiger partial charge is 0.146 e. The van der Waals surface area contributed by atoms with Crippen LogP contribution in [0.25, 0.3) is 0 Å². The molecule has 1 aliphatic rings. The third kappa shape index (κ3) is 1.59. The molecular formula is C10H12O3. The topological polar surface area (TPSA) is 51.2 Å². The van der Waals surface area contributed by atoms with Crippen LogP contribution in [-0.4, -0.2) is 18.4 Å². The van der Waals surface area contributed by atoms with Crippen LogP contribution in [0.1, 0.15) is 20.3 Å². The van der Waals surface area contributed by atoms with Crippen molar-refractivity contribution in [2.24, 2.45) is 11.8 Å². The van der Waals surface area contributed by atoms with E-state index >= 15 is 0 Å². The molecule has 70 valence electrons. The summed E-state index contributed by atoms with van der Waals surface area (Å²) in [5.41, 5.74) is 1.30. The average Bonchev–Trinajstić information content (AvgIpc) is 2.08. The number of allylic oxidation sites excluding steroid dienone is 2. The molecule has 0 spiro atoms. The summed E-state index contributed by atoms with van der Waals surface area (Å²) in [7, 11) is 0. The Bertz CT molecular complexity index is 285. The molecule has 3 heteroatoms. The van der Waals surface area contributed by atoms with Crippen molar-refractivity contribution >= 4 is 18.4 Å². The molecule has 0 heterocycles. The molecule has 3 nitrogen and oxygen atoms in total. The van der Waals surface area contributed by atoms with E-state index in [-0.39, 0.29) is 11.7 Å². The zero-order valence-corrected chi connectivity index (χ0v) is 7.74. The summed E-state index contributed by atoms with van der Waals surface area (Å²) in [6, 6.07) is 0. The highest BCUT2D eigenvalue weighted by molar-refractivity contribution is 6.00. The van der Waals surface area contributed by atoms with Crippen molar-refractivity contribution in [2.75, 3.05) is 0 Å². The van der Waals surface area contributed by atoms with Crippen LogP contribution >= 0.6 is 0 Å². The lowest BCUT2D eigenvalue weighted by atomic mass is 9.68. The summed E-state index contributed by atoms with van der Waals surface area (Å²) >= 11 is 0. The maximum atomic E-state index is 11.2. The molecule has 0 amide bonds. The summed E-state index contributed by atoms with van der Waals surface area (Å²) < 4.78 is 0. The van der Waals surface area contributed by atoms with Crippen LogP contribution in [0.4, 0.5) is 0 Å². The summed E-state index contributed by atoms with van der Waals surface area (Å²) in [5.74, 6) is -0.733. The Kier molecular flexibility index (Phi) is 2.76. The molecule has 13 heavy (non-hydrogen) atoms. The maximum Gasteiger partial charge on any atom is 0.146 e. The second-order valence-electron chi connectivity index (χ2n) is 3.52. The minimum Gasteiger partial charge on any atom is -0.303 e. The Hall–Kier alpha value is -1.25. The fourth-order valence-electron chi connectivity index (χ4n) is 1.59. The normalized spacial score (nSPS) is 26.2. The van der Waals surface area contributed by atoms with Gasteiger partial charge >= 0.3 is 0 Å². The maximum absolute atomic E-state index is 11.2. The first-order chi connectivity index (χ1) is 6.11. The summed E-state index contributed by atoms with van der Waals surface area (Å²) in [6.07, 6.45) is 1.74. The number of rotatable bonds is 3. The highest BCUT2D eigenvalue weighted by Crippen LogP contribution is 2.35. The fraction of sp³-hybridized carbons (Fsp3) is 0.500. The van der Waals surface area contributed by atoms with Crippen LogP contribution in [0.3, 0.4) is 0 Å². The van der Waals surface area contributed by atoms with Gasteiger partial charge in [-0.1, -0.05) is 5.57 Å². The second kappa shape index (κ2) is 3.64. The molecule has 1 saturated carbocycles. The highest BCUT2D eigenvalue weighted by Gasteiger charge is 2.41. The Morgan fingerprint density at radius 2 is 2.00 bits per heavy atom. The van der Waals surface area contributed by atoms with E-state index in [9.17, 15) is 14.4 Å². The van der Waals surface area contributed by atoms with Gasteiger partial charge in [-0.3, -0.25) is 9.59 Å². The van der Waals surface area contributed by atoms with Crippen molar-refractivity contribution in [3.8, 4) is 0 Å². The molecular weight excluding hydrogens is 168 g/mol. The number of hydrogen-bond donors (Lipinski definition) is 0. The van der Waals surface area contributed by atoms with E-state index in [4.69, 9.17) is 0 Å². The molecule has 1 rings (SSSR count). The van der Waals surface area contributed by atoms with Gasteiger partial charge in [0.15, 0.2) is 0 Å². The van der Waals surface area contributed by atoms with Gasteiger partial charge in [-0.15, -0.1) is 0 Å². The standard InChI is InChI=1S/C10H12O3/c1-6(2)8(5-12)10-7(4-11)3-9(10)13/h4-5,7,10H,3H2,1-2H3. The summed E-state index contributed by atoms with van der Waals surface area (Å²) in [6.45, 7) is 3.55. The number of carbonyl (C=O) groups excluding carboxylic acids is 3. The Balaban J connectivity index is 2.92. The minimum absolute atomic E-state index is 0.000370. The monoisotopic (exact) mass is 180 g/mol. The van der Waals surface area contributed by atoms with Gasteiger partial charge in [0.05, 0.1) is 5.92 Å². The molecule has 0 aromatic heterocycles. The van der Waals surface area contributed by atoms with Crippen molar-refractivity contribution in [3.05, 3.63) is 11.1 Å². The third-order valence-corrected chi connectivity index (χ3v) is 2.43. The minimum atomic E-state index is -0.458. The largest absolute Gasteiger partial charge is 0.303 e. The first-order valence-corrected chi connectivity index (χ1v) is 4.22. The zero-order chi connectivity index (χ0) is 10.0. The Morgan fingerprint density at radius 3 is 2.31 bits per heavy atom. The van der Waals surface area contributed by atoms with Crippen LogP contribution in [-0.2, 0) is 14.4 Å². The predicted molar refractivity (Wildman–Crippen MR) is 47.1 cm³/mol. The fourth-order valence-corrected chi connectivity index (χ4v) is 1.59. The van der Waals surface area contributed by atoms with Gasteiger partial charge < -0.3 is 4.79 Å². The van der Waals surface area contributed by atoms with E-state index in [0.29, 0.717) is 18.3 Å². The van der Waals surface area contributed by atoms with E-state index in [1.807, 2.05) is 0 Å². The van der Waals surface area contributed by atoms with Gasteiger partial charge in [0.2, 0.25) is 0 Å². The van der Waals surface area contributed by atoms with E-state index in [2.05, 4.69) is 0 Å². The van der Waals surface area contributed by atoms with Crippen molar-refractivity contribution < 1.29 is 14.4 Å². The highest BCUT2D eigenvalue weighted by atomic mass is 16.1. The Labute approximate surface area is 76.8 Å². The van der Waals surface area contributed by atoms with Gasteiger partial charge in [0.25, 0.3) is 0 Å². The summed E-state index contributed by atoms with van der Waals surface area (Å²) in [4.78, 5) is 32.3. The molecule has 0 bridgehead atoms. The van der Waals surface area contributed by atoms with Crippen LogP contribution in [0.15, 0.2) is 11.1 Å². The lowest BCUT2D eigenvalue weighted by Crippen LogP contribution is -2.40. The Morgan fingerprint density at radius 1 is 1.38 bits per heavy atom. The van der Waals surface area contributed by atoms with Crippen LogP contribution < -0.4 is 0 Å².